The SMILES string of the molecule is O=C1c2ccccc2C(=O)N1/N=C/c1ccc(N2CCCCC2)cc1. The fourth-order valence-electron chi connectivity index (χ4n) is 3.33. The fourth-order valence-corrected chi connectivity index (χ4v) is 3.33. The van der Waals surface area contributed by atoms with Gasteiger partial charge in [0.2, 0.25) is 0 Å². The maximum Gasteiger partial charge on any atom is 0.282 e. The Balaban J connectivity index is 1.49. The average molecular weight is 333 g/mol. The predicted octanol–water partition coefficient (Wildman–Crippen LogP) is 3.31. The van der Waals surface area contributed by atoms with E-state index in [2.05, 4.69) is 22.1 Å². The van der Waals surface area contributed by atoms with Crippen LogP contribution in [0.3, 0.4) is 0 Å². The first-order valence-corrected chi connectivity index (χ1v) is 8.61. The van der Waals surface area contributed by atoms with Crippen LogP contribution in [0.5, 0.6) is 0 Å². The Morgan fingerprint density at radius 2 is 1.40 bits per heavy atom. The van der Waals surface area contributed by atoms with Gasteiger partial charge in [-0.3, -0.25) is 9.59 Å². The fraction of sp³-hybridized carbons (Fsp3) is 0.250. The highest BCUT2D eigenvalue weighted by atomic mass is 16.2. The van der Waals surface area contributed by atoms with Gasteiger partial charge in [-0.1, -0.05) is 24.3 Å². The van der Waals surface area contributed by atoms with Crippen LogP contribution < -0.4 is 4.90 Å². The molecule has 0 atom stereocenters. The van der Waals surface area contributed by atoms with Crippen LogP contribution in [0.1, 0.15) is 45.5 Å². The van der Waals surface area contributed by atoms with E-state index in [1.54, 1.807) is 30.5 Å². The molecule has 5 nitrogen and oxygen atoms in total. The molecular formula is C20H19N3O2. The van der Waals surface area contributed by atoms with Gasteiger partial charge in [0.05, 0.1) is 17.3 Å². The van der Waals surface area contributed by atoms with Gasteiger partial charge in [-0.05, 0) is 49.1 Å². The van der Waals surface area contributed by atoms with Gasteiger partial charge < -0.3 is 4.90 Å². The van der Waals surface area contributed by atoms with Crippen LogP contribution in [0.4, 0.5) is 5.69 Å². The van der Waals surface area contributed by atoms with E-state index < -0.39 is 0 Å². The number of carbonyl (C=O) groups is 2. The van der Waals surface area contributed by atoms with E-state index in [-0.39, 0.29) is 11.8 Å². The molecule has 1 saturated heterocycles. The molecule has 2 aromatic carbocycles. The molecule has 1 fully saturated rings. The van der Waals surface area contributed by atoms with E-state index in [0.717, 1.165) is 23.7 Å². The number of benzene rings is 2. The zero-order valence-electron chi connectivity index (χ0n) is 13.9. The Bertz CT molecular complexity index is 801. The summed E-state index contributed by atoms with van der Waals surface area (Å²) in [6, 6.07) is 14.9. The van der Waals surface area contributed by atoms with Crippen LogP contribution in [0, 0.1) is 0 Å². The third-order valence-electron chi connectivity index (χ3n) is 4.71. The number of hydrogen-bond donors (Lipinski definition) is 0. The standard InChI is InChI=1S/C20H19N3O2/c24-19-17-6-2-3-7-18(17)20(25)23(19)21-14-15-8-10-16(11-9-15)22-12-4-1-5-13-22/h2-3,6-11,14H,1,4-5,12-13H2/b21-14+. The van der Waals surface area contributed by atoms with Crippen molar-refractivity contribution in [3.63, 3.8) is 0 Å². The highest BCUT2D eigenvalue weighted by molar-refractivity contribution is 6.21. The van der Waals surface area contributed by atoms with Gasteiger partial charge in [0.25, 0.3) is 11.8 Å². The van der Waals surface area contributed by atoms with Gasteiger partial charge >= 0.3 is 0 Å². The van der Waals surface area contributed by atoms with Crippen molar-refractivity contribution in [2.75, 3.05) is 18.0 Å². The van der Waals surface area contributed by atoms with Crippen LogP contribution in [-0.4, -0.2) is 36.1 Å². The lowest BCUT2D eigenvalue weighted by molar-refractivity contribution is 0.0660. The maximum absolute atomic E-state index is 12.3. The summed E-state index contributed by atoms with van der Waals surface area (Å²) >= 11 is 0. The first-order chi connectivity index (χ1) is 12.2. The molecule has 2 amide bonds. The molecule has 0 spiro atoms. The number of amides is 2. The molecule has 4 rings (SSSR count). The first-order valence-electron chi connectivity index (χ1n) is 8.61. The van der Waals surface area contributed by atoms with E-state index in [1.807, 2.05) is 12.1 Å². The molecule has 0 N–H and O–H groups in total. The molecule has 0 radical (unpaired) electrons. The minimum atomic E-state index is -0.373. The quantitative estimate of drug-likeness (QED) is 0.640. The van der Waals surface area contributed by atoms with Crippen molar-refractivity contribution in [1.82, 2.24) is 5.01 Å². The number of piperidine rings is 1. The number of fused-ring (bicyclic) bond motifs is 1. The number of imide groups is 1. The van der Waals surface area contributed by atoms with Gasteiger partial charge in [-0.2, -0.15) is 10.1 Å². The predicted molar refractivity (Wildman–Crippen MR) is 97.0 cm³/mol. The Morgan fingerprint density at radius 3 is 2.00 bits per heavy atom. The monoisotopic (exact) mass is 333 g/mol. The number of rotatable bonds is 3. The summed E-state index contributed by atoms with van der Waals surface area (Å²) in [6.45, 7) is 2.20. The minimum Gasteiger partial charge on any atom is -0.372 e. The Morgan fingerprint density at radius 1 is 0.800 bits per heavy atom. The van der Waals surface area contributed by atoms with Crippen molar-refractivity contribution >= 4 is 23.7 Å². The normalized spacial score (nSPS) is 17.4. The smallest absolute Gasteiger partial charge is 0.282 e. The summed E-state index contributed by atoms with van der Waals surface area (Å²) in [5, 5.41) is 5.04. The first kappa shape index (κ1) is 15.6. The molecule has 0 unspecified atom stereocenters. The summed E-state index contributed by atoms with van der Waals surface area (Å²) in [4.78, 5) is 26.9. The lowest BCUT2D eigenvalue weighted by atomic mass is 10.1. The van der Waals surface area contributed by atoms with Gasteiger partial charge in [-0.25, -0.2) is 0 Å². The Labute approximate surface area is 146 Å². The molecule has 2 aliphatic heterocycles. The highest BCUT2D eigenvalue weighted by Crippen LogP contribution is 2.23. The van der Waals surface area contributed by atoms with Crippen molar-refractivity contribution in [3.8, 4) is 0 Å². The lowest BCUT2D eigenvalue weighted by Crippen LogP contribution is -2.29. The van der Waals surface area contributed by atoms with Gasteiger partial charge in [0.15, 0.2) is 0 Å². The maximum atomic E-state index is 12.3. The summed E-state index contributed by atoms with van der Waals surface area (Å²) < 4.78 is 0. The second-order valence-corrected chi connectivity index (χ2v) is 6.35. The molecule has 2 aromatic rings. The summed E-state index contributed by atoms with van der Waals surface area (Å²) in [7, 11) is 0. The third kappa shape index (κ3) is 2.93. The topological polar surface area (TPSA) is 53.0 Å². The summed E-state index contributed by atoms with van der Waals surface area (Å²) in [5.74, 6) is -0.747. The summed E-state index contributed by atoms with van der Waals surface area (Å²) in [5.41, 5.74) is 2.88. The number of anilines is 1. The molecule has 25 heavy (non-hydrogen) atoms. The van der Waals surface area contributed by atoms with Gasteiger partial charge in [-0.15, -0.1) is 0 Å². The van der Waals surface area contributed by atoms with Gasteiger partial charge in [0, 0.05) is 18.8 Å². The number of carbonyl (C=O) groups excluding carboxylic acids is 2. The zero-order valence-corrected chi connectivity index (χ0v) is 13.9. The molecule has 0 aliphatic carbocycles. The average Bonchev–Trinajstić information content (AvgIpc) is 2.92. The van der Waals surface area contributed by atoms with Crippen molar-refractivity contribution in [2.45, 2.75) is 19.3 Å². The molecule has 2 aliphatic rings. The minimum absolute atomic E-state index is 0.373. The Hall–Kier alpha value is -2.95. The van der Waals surface area contributed by atoms with Crippen LogP contribution in [0.25, 0.3) is 0 Å². The molecule has 0 saturated carbocycles. The van der Waals surface area contributed by atoms with Crippen molar-refractivity contribution in [3.05, 3.63) is 65.2 Å². The van der Waals surface area contributed by atoms with Gasteiger partial charge in [0.1, 0.15) is 0 Å². The number of hydrazone groups is 1. The van der Waals surface area contributed by atoms with E-state index in [4.69, 9.17) is 0 Å². The highest BCUT2D eigenvalue weighted by Gasteiger charge is 2.35. The number of hydrogen-bond acceptors (Lipinski definition) is 4. The second kappa shape index (κ2) is 6.51. The van der Waals surface area contributed by atoms with Crippen LogP contribution >= 0.6 is 0 Å². The molecule has 2 heterocycles. The molecule has 5 heteroatoms. The zero-order chi connectivity index (χ0) is 17.2. The third-order valence-corrected chi connectivity index (χ3v) is 4.71. The molecule has 126 valence electrons. The second-order valence-electron chi connectivity index (χ2n) is 6.35. The lowest BCUT2D eigenvalue weighted by Gasteiger charge is -2.28. The molecular weight excluding hydrogens is 314 g/mol. The molecule has 0 aromatic heterocycles. The van der Waals surface area contributed by atoms with E-state index >= 15 is 0 Å². The molecule has 0 bridgehead atoms. The van der Waals surface area contributed by atoms with Crippen LogP contribution in [-0.2, 0) is 0 Å². The van der Waals surface area contributed by atoms with Crippen LogP contribution in [0.2, 0.25) is 0 Å². The van der Waals surface area contributed by atoms with E-state index in [9.17, 15) is 9.59 Å². The van der Waals surface area contributed by atoms with Crippen LogP contribution in [0.15, 0.2) is 53.6 Å². The van der Waals surface area contributed by atoms with Crippen molar-refractivity contribution in [1.29, 1.82) is 0 Å². The number of nitrogens with zero attached hydrogens (tertiary/aromatic N) is 3. The Kier molecular flexibility index (Phi) is 4.06. The van der Waals surface area contributed by atoms with E-state index in [0.29, 0.717) is 11.1 Å². The summed E-state index contributed by atoms with van der Waals surface area (Å²) in [6.07, 6.45) is 5.34. The van der Waals surface area contributed by atoms with Crippen molar-refractivity contribution in [2.24, 2.45) is 5.10 Å². The van der Waals surface area contributed by atoms with E-state index in [1.165, 1.54) is 24.9 Å². The van der Waals surface area contributed by atoms with Crippen molar-refractivity contribution < 1.29 is 9.59 Å². The largest absolute Gasteiger partial charge is 0.372 e.